The first kappa shape index (κ1) is 15.8. The second-order valence-corrected chi connectivity index (χ2v) is 7.11. The van der Waals surface area contributed by atoms with Gasteiger partial charge in [-0.15, -0.1) is 0 Å². The standard InChI is InChI=1S/C14H19NO5S/c1-10-8-12(5-6-13(10)20-2)21(18,19)15-7-3-4-11(9-15)14(16)17/h5-6,8,11H,3-4,7,9H2,1-2H3,(H,16,17)/t11-/m0/s1. The molecule has 1 fully saturated rings. The van der Waals surface area contributed by atoms with Gasteiger partial charge < -0.3 is 9.84 Å². The summed E-state index contributed by atoms with van der Waals surface area (Å²) in [5.41, 5.74) is 0.727. The lowest BCUT2D eigenvalue weighted by Crippen LogP contribution is -2.42. The molecule has 0 aromatic heterocycles. The van der Waals surface area contributed by atoms with Crippen LogP contribution in [-0.4, -0.2) is 44.0 Å². The fraction of sp³-hybridized carbons (Fsp3) is 0.500. The number of carboxylic acids is 1. The van der Waals surface area contributed by atoms with Crippen molar-refractivity contribution in [3.8, 4) is 5.75 Å². The van der Waals surface area contributed by atoms with E-state index in [1.807, 2.05) is 0 Å². The zero-order chi connectivity index (χ0) is 15.6. The Morgan fingerprint density at radius 2 is 2.14 bits per heavy atom. The van der Waals surface area contributed by atoms with Crippen LogP contribution in [-0.2, 0) is 14.8 Å². The third kappa shape index (κ3) is 3.19. The molecule has 6 nitrogen and oxygen atoms in total. The van der Waals surface area contributed by atoms with Crippen molar-refractivity contribution in [3.05, 3.63) is 23.8 Å². The second kappa shape index (κ2) is 6.03. The molecule has 1 aliphatic heterocycles. The molecule has 1 aromatic carbocycles. The highest BCUT2D eigenvalue weighted by Crippen LogP contribution is 2.27. The lowest BCUT2D eigenvalue weighted by molar-refractivity contribution is -0.142. The first-order valence-electron chi connectivity index (χ1n) is 6.74. The van der Waals surface area contributed by atoms with Crippen molar-refractivity contribution in [2.45, 2.75) is 24.7 Å². The molecule has 0 spiro atoms. The first-order chi connectivity index (χ1) is 9.86. The fourth-order valence-corrected chi connectivity index (χ4v) is 4.13. The lowest BCUT2D eigenvalue weighted by atomic mass is 10.0. The van der Waals surface area contributed by atoms with Gasteiger partial charge in [-0.1, -0.05) is 0 Å². The number of aliphatic carboxylic acids is 1. The molecule has 0 unspecified atom stereocenters. The molecular formula is C14H19NO5S. The van der Waals surface area contributed by atoms with Gasteiger partial charge in [-0.3, -0.25) is 4.79 Å². The van der Waals surface area contributed by atoms with Crippen LogP contribution in [0.3, 0.4) is 0 Å². The van der Waals surface area contributed by atoms with E-state index in [-0.39, 0.29) is 11.4 Å². The number of carboxylic acid groups (broad SMARTS) is 1. The minimum Gasteiger partial charge on any atom is -0.496 e. The topological polar surface area (TPSA) is 83.9 Å². The summed E-state index contributed by atoms with van der Waals surface area (Å²) in [6, 6.07) is 4.66. The maximum absolute atomic E-state index is 12.6. The van der Waals surface area contributed by atoms with Gasteiger partial charge in [0.25, 0.3) is 0 Å². The van der Waals surface area contributed by atoms with Gasteiger partial charge >= 0.3 is 5.97 Å². The third-order valence-electron chi connectivity index (χ3n) is 3.74. The minimum atomic E-state index is -3.66. The normalized spacial score (nSPS) is 20.2. The summed E-state index contributed by atoms with van der Waals surface area (Å²) in [5, 5.41) is 9.07. The zero-order valence-corrected chi connectivity index (χ0v) is 12.9. The molecule has 0 radical (unpaired) electrons. The largest absolute Gasteiger partial charge is 0.496 e. The smallest absolute Gasteiger partial charge is 0.307 e. The van der Waals surface area contributed by atoms with Gasteiger partial charge in [0.15, 0.2) is 0 Å². The average Bonchev–Trinajstić information content (AvgIpc) is 2.47. The molecule has 0 aliphatic carbocycles. The number of nitrogens with zero attached hydrogens (tertiary/aromatic N) is 1. The van der Waals surface area contributed by atoms with Crippen molar-refractivity contribution in [2.75, 3.05) is 20.2 Å². The number of benzene rings is 1. The maximum atomic E-state index is 12.6. The van der Waals surface area contributed by atoms with Gasteiger partial charge in [-0.2, -0.15) is 4.31 Å². The van der Waals surface area contributed by atoms with E-state index >= 15 is 0 Å². The molecule has 1 atom stereocenters. The maximum Gasteiger partial charge on any atom is 0.307 e. The fourth-order valence-electron chi connectivity index (χ4n) is 2.52. The average molecular weight is 313 g/mol. The third-order valence-corrected chi connectivity index (χ3v) is 5.60. The van der Waals surface area contributed by atoms with E-state index in [0.29, 0.717) is 25.1 Å². The number of aryl methyl sites for hydroxylation is 1. The molecule has 116 valence electrons. The SMILES string of the molecule is COc1ccc(S(=O)(=O)N2CCC[C@H](C(=O)O)C2)cc1C. The summed E-state index contributed by atoms with van der Waals surface area (Å²) in [5.74, 6) is -0.954. The van der Waals surface area contributed by atoms with Crippen molar-refractivity contribution in [3.63, 3.8) is 0 Å². The van der Waals surface area contributed by atoms with Gasteiger partial charge in [-0.25, -0.2) is 8.42 Å². The van der Waals surface area contributed by atoms with Crippen LogP contribution < -0.4 is 4.74 Å². The summed E-state index contributed by atoms with van der Waals surface area (Å²) in [4.78, 5) is 11.2. The molecule has 0 amide bonds. The van der Waals surface area contributed by atoms with Crippen LogP contribution >= 0.6 is 0 Å². The summed E-state index contributed by atoms with van der Waals surface area (Å²) in [6.45, 7) is 2.16. The van der Waals surface area contributed by atoms with Crippen LogP contribution in [0.2, 0.25) is 0 Å². The lowest BCUT2D eigenvalue weighted by Gasteiger charge is -2.30. The predicted molar refractivity (Wildman–Crippen MR) is 76.8 cm³/mol. The van der Waals surface area contributed by atoms with Crippen molar-refractivity contribution in [1.29, 1.82) is 0 Å². The Morgan fingerprint density at radius 1 is 1.43 bits per heavy atom. The molecular weight excluding hydrogens is 294 g/mol. The van der Waals surface area contributed by atoms with Crippen molar-refractivity contribution in [1.82, 2.24) is 4.31 Å². The van der Waals surface area contributed by atoms with Crippen LogP contribution in [0.5, 0.6) is 5.75 Å². The number of hydrogen-bond donors (Lipinski definition) is 1. The molecule has 2 rings (SSSR count). The number of rotatable bonds is 4. The summed E-state index contributed by atoms with van der Waals surface area (Å²) < 4.78 is 31.6. The summed E-state index contributed by atoms with van der Waals surface area (Å²) in [6.07, 6.45) is 1.08. The van der Waals surface area contributed by atoms with Crippen LogP contribution in [0.1, 0.15) is 18.4 Å². The van der Waals surface area contributed by atoms with E-state index in [2.05, 4.69) is 0 Å². The highest BCUT2D eigenvalue weighted by Gasteiger charge is 2.33. The highest BCUT2D eigenvalue weighted by molar-refractivity contribution is 7.89. The number of sulfonamides is 1. The minimum absolute atomic E-state index is 0.0305. The number of hydrogen-bond acceptors (Lipinski definition) is 4. The van der Waals surface area contributed by atoms with E-state index in [1.54, 1.807) is 19.1 Å². The molecule has 0 bridgehead atoms. The molecule has 0 saturated carbocycles. The van der Waals surface area contributed by atoms with E-state index in [4.69, 9.17) is 9.84 Å². The number of piperidine rings is 1. The second-order valence-electron chi connectivity index (χ2n) is 5.17. The Balaban J connectivity index is 2.29. The van der Waals surface area contributed by atoms with Crippen LogP contribution in [0.15, 0.2) is 23.1 Å². The highest BCUT2D eigenvalue weighted by atomic mass is 32.2. The predicted octanol–water partition coefficient (Wildman–Crippen LogP) is 1.49. The van der Waals surface area contributed by atoms with Crippen molar-refractivity contribution >= 4 is 16.0 Å². The van der Waals surface area contributed by atoms with Gasteiger partial charge in [-0.05, 0) is 43.5 Å². The van der Waals surface area contributed by atoms with Crippen LogP contribution in [0.4, 0.5) is 0 Å². The van der Waals surface area contributed by atoms with Crippen LogP contribution in [0, 0.1) is 12.8 Å². The van der Waals surface area contributed by atoms with Crippen LogP contribution in [0.25, 0.3) is 0 Å². The monoisotopic (exact) mass is 313 g/mol. The quantitative estimate of drug-likeness (QED) is 0.910. The Hall–Kier alpha value is -1.60. The Morgan fingerprint density at radius 3 is 2.71 bits per heavy atom. The molecule has 1 N–H and O–H groups in total. The Labute approximate surface area is 124 Å². The first-order valence-corrected chi connectivity index (χ1v) is 8.18. The van der Waals surface area contributed by atoms with E-state index in [9.17, 15) is 13.2 Å². The zero-order valence-electron chi connectivity index (χ0n) is 12.1. The number of methoxy groups -OCH3 is 1. The number of carbonyl (C=O) groups is 1. The van der Waals surface area contributed by atoms with Gasteiger partial charge in [0, 0.05) is 13.1 Å². The van der Waals surface area contributed by atoms with Crippen molar-refractivity contribution in [2.24, 2.45) is 5.92 Å². The number of ether oxygens (including phenoxy) is 1. The van der Waals surface area contributed by atoms with E-state index in [0.717, 1.165) is 5.56 Å². The molecule has 1 heterocycles. The van der Waals surface area contributed by atoms with Gasteiger partial charge in [0.05, 0.1) is 17.9 Å². The molecule has 1 saturated heterocycles. The van der Waals surface area contributed by atoms with E-state index in [1.165, 1.54) is 17.5 Å². The molecule has 1 aliphatic rings. The summed E-state index contributed by atoms with van der Waals surface area (Å²) in [7, 11) is -2.14. The van der Waals surface area contributed by atoms with Gasteiger partial charge in [0.1, 0.15) is 5.75 Å². The summed E-state index contributed by atoms with van der Waals surface area (Å²) >= 11 is 0. The Kier molecular flexibility index (Phi) is 4.53. The molecule has 21 heavy (non-hydrogen) atoms. The molecule has 1 aromatic rings. The Bertz CT molecular complexity index is 641. The van der Waals surface area contributed by atoms with Crippen molar-refractivity contribution < 1.29 is 23.1 Å². The molecule has 7 heteroatoms. The van der Waals surface area contributed by atoms with Gasteiger partial charge in [0.2, 0.25) is 10.0 Å². The van der Waals surface area contributed by atoms with E-state index < -0.39 is 21.9 Å².